The first-order valence-electron chi connectivity index (χ1n) is 9.67. The molecule has 5 heteroatoms. The molecule has 0 atom stereocenters. The highest BCUT2D eigenvalue weighted by atomic mass is 15.2. The molecule has 5 nitrogen and oxygen atoms in total. The van der Waals surface area contributed by atoms with Crippen molar-refractivity contribution in [3.8, 4) is 0 Å². The van der Waals surface area contributed by atoms with Crippen molar-refractivity contribution in [1.82, 2.24) is 14.9 Å². The Labute approximate surface area is 164 Å². The molecule has 28 heavy (non-hydrogen) atoms. The Morgan fingerprint density at radius 2 is 1.89 bits per heavy atom. The van der Waals surface area contributed by atoms with Gasteiger partial charge >= 0.3 is 0 Å². The third-order valence-corrected chi connectivity index (χ3v) is 5.24. The second-order valence-corrected chi connectivity index (χ2v) is 7.21. The molecule has 3 N–H and O–H groups in total. The average molecular weight is 369 g/mol. The fraction of sp³-hybridized carbons (Fsp3) is 0.174. The lowest BCUT2D eigenvalue weighted by molar-refractivity contribution is 0.272. The van der Waals surface area contributed by atoms with Gasteiger partial charge in [-0.2, -0.15) is 0 Å². The van der Waals surface area contributed by atoms with E-state index in [4.69, 9.17) is 0 Å². The van der Waals surface area contributed by atoms with Crippen molar-refractivity contribution < 1.29 is 0 Å². The van der Waals surface area contributed by atoms with Crippen molar-refractivity contribution in [1.29, 1.82) is 0 Å². The molecule has 0 spiro atoms. The van der Waals surface area contributed by atoms with Gasteiger partial charge in [-0.3, -0.25) is 4.90 Å². The SMILES string of the molecule is c1ccc(Nc2cc3c(cn2)CN(Cc2c[nH]c4ccccc24)CCN3)cc1. The summed E-state index contributed by atoms with van der Waals surface area (Å²) in [6, 6.07) is 20.7. The van der Waals surface area contributed by atoms with Crippen LogP contribution in [0, 0.1) is 0 Å². The molecular formula is C23H23N5. The Hall–Kier alpha value is -3.31. The molecule has 140 valence electrons. The van der Waals surface area contributed by atoms with Gasteiger partial charge in [0.25, 0.3) is 0 Å². The summed E-state index contributed by atoms with van der Waals surface area (Å²) in [5, 5.41) is 8.25. The van der Waals surface area contributed by atoms with Crippen LogP contribution in [0.25, 0.3) is 10.9 Å². The van der Waals surface area contributed by atoms with Crippen LogP contribution < -0.4 is 10.6 Å². The van der Waals surface area contributed by atoms with Crippen molar-refractivity contribution in [2.75, 3.05) is 23.7 Å². The number of benzene rings is 2. The van der Waals surface area contributed by atoms with Gasteiger partial charge in [0.05, 0.1) is 0 Å². The van der Waals surface area contributed by atoms with Crippen LogP contribution in [-0.4, -0.2) is 28.0 Å². The number of aromatic amines is 1. The van der Waals surface area contributed by atoms with Crippen LogP contribution in [0.15, 0.2) is 73.1 Å². The molecule has 0 amide bonds. The van der Waals surface area contributed by atoms with Crippen LogP contribution in [0.2, 0.25) is 0 Å². The number of nitrogens with zero attached hydrogens (tertiary/aromatic N) is 2. The molecular weight excluding hydrogens is 346 g/mol. The smallest absolute Gasteiger partial charge is 0.132 e. The lowest BCUT2D eigenvalue weighted by Crippen LogP contribution is -2.25. The molecule has 5 rings (SSSR count). The van der Waals surface area contributed by atoms with Gasteiger partial charge in [-0.15, -0.1) is 0 Å². The van der Waals surface area contributed by atoms with Crippen molar-refractivity contribution >= 4 is 28.1 Å². The maximum Gasteiger partial charge on any atom is 0.132 e. The standard InChI is InChI=1S/C23H23N5/c1-2-6-19(7-3-1)27-23-12-22-18(14-26-23)16-28(11-10-24-22)15-17-13-25-21-9-5-4-8-20(17)21/h1-9,12-14,24-25H,10-11,15-16H2,(H,26,27). The molecule has 0 unspecified atom stereocenters. The van der Waals surface area contributed by atoms with E-state index in [0.717, 1.165) is 43.4 Å². The van der Waals surface area contributed by atoms with Crippen LogP contribution >= 0.6 is 0 Å². The average Bonchev–Trinajstić information content (AvgIpc) is 3.02. The first kappa shape index (κ1) is 16.8. The summed E-state index contributed by atoms with van der Waals surface area (Å²) in [7, 11) is 0. The Balaban J connectivity index is 1.34. The third-order valence-electron chi connectivity index (χ3n) is 5.24. The molecule has 2 aromatic carbocycles. The van der Waals surface area contributed by atoms with Gasteiger partial charge in [0.2, 0.25) is 0 Å². The maximum atomic E-state index is 4.63. The molecule has 2 aromatic heterocycles. The zero-order valence-electron chi connectivity index (χ0n) is 15.7. The summed E-state index contributed by atoms with van der Waals surface area (Å²) in [5.41, 5.74) is 5.98. The number of rotatable bonds is 4. The molecule has 3 heterocycles. The maximum absolute atomic E-state index is 4.63. The fourth-order valence-electron chi connectivity index (χ4n) is 3.82. The monoisotopic (exact) mass is 369 g/mol. The highest BCUT2D eigenvalue weighted by molar-refractivity contribution is 5.83. The van der Waals surface area contributed by atoms with E-state index in [2.05, 4.69) is 62.0 Å². The second kappa shape index (κ2) is 7.37. The summed E-state index contributed by atoms with van der Waals surface area (Å²) in [6.45, 7) is 3.73. The van der Waals surface area contributed by atoms with E-state index >= 15 is 0 Å². The topological polar surface area (TPSA) is 56.0 Å². The molecule has 0 saturated heterocycles. The van der Waals surface area contributed by atoms with E-state index in [9.17, 15) is 0 Å². The number of nitrogens with one attached hydrogen (secondary N) is 3. The summed E-state index contributed by atoms with van der Waals surface area (Å²) in [5.74, 6) is 0.863. The normalized spacial score (nSPS) is 14.3. The van der Waals surface area contributed by atoms with Gasteiger partial charge in [-0.25, -0.2) is 4.98 Å². The predicted molar refractivity (Wildman–Crippen MR) is 115 cm³/mol. The largest absolute Gasteiger partial charge is 0.383 e. The lowest BCUT2D eigenvalue weighted by atomic mass is 10.1. The van der Waals surface area contributed by atoms with E-state index < -0.39 is 0 Å². The van der Waals surface area contributed by atoms with E-state index in [1.807, 2.05) is 36.5 Å². The Morgan fingerprint density at radius 1 is 1.04 bits per heavy atom. The van der Waals surface area contributed by atoms with Crippen molar-refractivity contribution in [2.45, 2.75) is 13.1 Å². The summed E-state index contributed by atoms with van der Waals surface area (Å²) in [4.78, 5) is 10.5. The van der Waals surface area contributed by atoms with Gasteiger partial charge in [0.1, 0.15) is 5.82 Å². The highest BCUT2D eigenvalue weighted by Crippen LogP contribution is 2.26. The number of pyridine rings is 1. The molecule has 4 aromatic rings. The number of hydrogen-bond acceptors (Lipinski definition) is 4. The van der Waals surface area contributed by atoms with Gasteiger partial charge in [-0.1, -0.05) is 36.4 Å². The first-order chi connectivity index (χ1) is 13.8. The number of anilines is 3. The molecule has 0 radical (unpaired) electrons. The van der Waals surface area contributed by atoms with Crippen LogP contribution in [0.3, 0.4) is 0 Å². The predicted octanol–water partition coefficient (Wildman–Crippen LogP) is 4.73. The fourth-order valence-corrected chi connectivity index (χ4v) is 3.82. The molecule has 1 aliphatic rings. The molecule has 0 fully saturated rings. The van der Waals surface area contributed by atoms with E-state index in [1.54, 1.807) is 0 Å². The summed E-state index contributed by atoms with van der Waals surface area (Å²) >= 11 is 0. The van der Waals surface area contributed by atoms with Crippen LogP contribution in [0.1, 0.15) is 11.1 Å². The second-order valence-electron chi connectivity index (χ2n) is 7.21. The van der Waals surface area contributed by atoms with Crippen molar-refractivity contribution in [2.24, 2.45) is 0 Å². The molecule has 1 aliphatic heterocycles. The van der Waals surface area contributed by atoms with Crippen LogP contribution in [0.5, 0.6) is 0 Å². The minimum atomic E-state index is 0.863. The van der Waals surface area contributed by atoms with Gasteiger partial charge in [-0.05, 0) is 23.8 Å². The number of para-hydroxylation sites is 2. The number of H-pyrrole nitrogens is 1. The molecule has 0 saturated carbocycles. The Kier molecular flexibility index (Phi) is 4.43. The Bertz CT molecular complexity index is 1090. The first-order valence-corrected chi connectivity index (χ1v) is 9.67. The zero-order valence-corrected chi connectivity index (χ0v) is 15.7. The van der Waals surface area contributed by atoms with E-state index in [-0.39, 0.29) is 0 Å². The number of hydrogen-bond donors (Lipinski definition) is 3. The number of fused-ring (bicyclic) bond motifs is 2. The van der Waals surface area contributed by atoms with Gasteiger partial charge in [0, 0.05) is 72.5 Å². The molecule has 0 bridgehead atoms. The number of aromatic nitrogens is 2. The quantitative estimate of drug-likeness (QED) is 0.487. The van der Waals surface area contributed by atoms with E-state index in [1.165, 1.54) is 22.0 Å². The van der Waals surface area contributed by atoms with E-state index in [0.29, 0.717) is 0 Å². The zero-order chi connectivity index (χ0) is 18.8. The van der Waals surface area contributed by atoms with Crippen molar-refractivity contribution in [3.05, 3.63) is 84.2 Å². The highest BCUT2D eigenvalue weighted by Gasteiger charge is 2.16. The minimum Gasteiger partial charge on any atom is -0.383 e. The summed E-state index contributed by atoms with van der Waals surface area (Å²) < 4.78 is 0. The van der Waals surface area contributed by atoms with Crippen LogP contribution in [0.4, 0.5) is 17.2 Å². The lowest BCUT2D eigenvalue weighted by Gasteiger charge is -2.19. The van der Waals surface area contributed by atoms with Crippen LogP contribution in [-0.2, 0) is 13.1 Å². The van der Waals surface area contributed by atoms with Gasteiger partial charge in [0.15, 0.2) is 0 Å². The van der Waals surface area contributed by atoms with Gasteiger partial charge < -0.3 is 15.6 Å². The summed E-state index contributed by atoms with van der Waals surface area (Å²) in [6.07, 6.45) is 4.12. The molecule has 0 aliphatic carbocycles. The Morgan fingerprint density at radius 3 is 2.82 bits per heavy atom. The van der Waals surface area contributed by atoms with Crippen molar-refractivity contribution in [3.63, 3.8) is 0 Å². The third kappa shape index (κ3) is 3.44. The minimum absolute atomic E-state index is 0.863.